The van der Waals surface area contributed by atoms with Crippen molar-refractivity contribution >= 4 is 0 Å². The summed E-state index contributed by atoms with van der Waals surface area (Å²) in [5.74, 6) is 0. The highest BCUT2D eigenvalue weighted by Gasteiger charge is 2.21. The number of rotatable bonds is 4. The second-order valence-electron chi connectivity index (χ2n) is 5.47. The topological polar surface area (TPSA) is 37.8 Å². The van der Waals surface area contributed by atoms with Crippen molar-refractivity contribution in [1.29, 1.82) is 0 Å². The fourth-order valence-electron chi connectivity index (χ4n) is 2.06. The van der Waals surface area contributed by atoms with E-state index in [4.69, 9.17) is 0 Å². The summed E-state index contributed by atoms with van der Waals surface area (Å²) >= 11 is 0. The summed E-state index contributed by atoms with van der Waals surface area (Å²) in [6.07, 6.45) is 3.74. The first-order valence-electron chi connectivity index (χ1n) is 6.58. The van der Waals surface area contributed by atoms with Gasteiger partial charge in [-0.1, -0.05) is 12.1 Å². The SMILES string of the molecule is Cc1cnc(CNC(C)(C)c2ccccn2)c(C)c1. The first-order chi connectivity index (χ1) is 8.99. The van der Waals surface area contributed by atoms with E-state index in [-0.39, 0.29) is 5.54 Å². The van der Waals surface area contributed by atoms with Crippen molar-refractivity contribution in [2.24, 2.45) is 0 Å². The van der Waals surface area contributed by atoms with Crippen LogP contribution in [0.15, 0.2) is 36.7 Å². The minimum atomic E-state index is -0.166. The molecule has 0 aromatic carbocycles. The molecular formula is C16H21N3. The molecule has 0 aliphatic carbocycles. The van der Waals surface area contributed by atoms with E-state index in [2.05, 4.69) is 49.0 Å². The molecule has 19 heavy (non-hydrogen) atoms. The van der Waals surface area contributed by atoms with E-state index in [1.54, 1.807) is 0 Å². The molecule has 0 spiro atoms. The smallest absolute Gasteiger partial charge is 0.0599 e. The van der Waals surface area contributed by atoms with Gasteiger partial charge in [0, 0.05) is 18.9 Å². The van der Waals surface area contributed by atoms with E-state index in [0.717, 1.165) is 17.9 Å². The third kappa shape index (κ3) is 3.38. The molecule has 0 fully saturated rings. The minimum Gasteiger partial charge on any atom is -0.301 e. The molecule has 0 atom stereocenters. The minimum absolute atomic E-state index is 0.166. The Balaban J connectivity index is 2.09. The van der Waals surface area contributed by atoms with Crippen molar-refractivity contribution in [1.82, 2.24) is 15.3 Å². The number of hydrogen-bond donors (Lipinski definition) is 1. The summed E-state index contributed by atoms with van der Waals surface area (Å²) in [6.45, 7) is 9.19. The van der Waals surface area contributed by atoms with Gasteiger partial charge in [-0.15, -0.1) is 0 Å². The lowest BCUT2D eigenvalue weighted by atomic mass is 9.99. The number of nitrogens with one attached hydrogen (secondary N) is 1. The van der Waals surface area contributed by atoms with E-state index in [1.807, 2.05) is 30.6 Å². The van der Waals surface area contributed by atoms with Gasteiger partial charge in [-0.25, -0.2) is 0 Å². The highest BCUT2D eigenvalue weighted by molar-refractivity contribution is 5.23. The van der Waals surface area contributed by atoms with Gasteiger partial charge in [0.05, 0.1) is 16.9 Å². The predicted molar refractivity (Wildman–Crippen MR) is 77.8 cm³/mol. The summed E-state index contributed by atoms with van der Waals surface area (Å²) < 4.78 is 0. The zero-order chi connectivity index (χ0) is 13.9. The van der Waals surface area contributed by atoms with E-state index in [1.165, 1.54) is 11.1 Å². The molecule has 0 radical (unpaired) electrons. The van der Waals surface area contributed by atoms with Crippen molar-refractivity contribution < 1.29 is 0 Å². The molecule has 0 saturated carbocycles. The van der Waals surface area contributed by atoms with Crippen LogP contribution in [0.1, 0.15) is 36.4 Å². The molecule has 1 N–H and O–H groups in total. The molecular weight excluding hydrogens is 234 g/mol. The van der Waals surface area contributed by atoms with Crippen LogP contribution in [0.4, 0.5) is 0 Å². The molecule has 2 heterocycles. The molecule has 2 aromatic heterocycles. The largest absolute Gasteiger partial charge is 0.301 e. The Bertz CT molecular complexity index is 547. The summed E-state index contributed by atoms with van der Waals surface area (Å²) in [4.78, 5) is 8.91. The Hall–Kier alpha value is -1.74. The van der Waals surface area contributed by atoms with Gasteiger partial charge in [0.15, 0.2) is 0 Å². The number of pyridine rings is 2. The maximum Gasteiger partial charge on any atom is 0.0599 e. The Morgan fingerprint density at radius 1 is 1.16 bits per heavy atom. The zero-order valence-electron chi connectivity index (χ0n) is 12.1. The number of nitrogens with zero attached hydrogens (tertiary/aromatic N) is 2. The highest BCUT2D eigenvalue weighted by Crippen LogP contribution is 2.18. The van der Waals surface area contributed by atoms with E-state index in [0.29, 0.717) is 0 Å². The van der Waals surface area contributed by atoms with Crippen LogP contribution >= 0.6 is 0 Å². The highest BCUT2D eigenvalue weighted by atomic mass is 15.0. The average Bonchev–Trinajstić information content (AvgIpc) is 2.39. The first kappa shape index (κ1) is 13.7. The van der Waals surface area contributed by atoms with Crippen LogP contribution in [-0.4, -0.2) is 9.97 Å². The van der Waals surface area contributed by atoms with Crippen LogP contribution in [0.3, 0.4) is 0 Å². The molecule has 0 bridgehead atoms. The van der Waals surface area contributed by atoms with Crippen molar-refractivity contribution in [3.8, 4) is 0 Å². The predicted octanol–water partition coefficient (Wildman–Crippen LogP) is 3.12. The second kappa shape index (κ2) is 5.49. The van der Waals surface area contributed by atoms with Crippen LogP contribution in [-0.2, 0) is 12.1 Å². The fourth-order valence-corrected chi connectivity index (χ4v) is 2.06. The Kier molecular flexibility index (Phi) is 3.96. The molecule has 2 aromatic rings. The Morgan fingerprint density at radius 3 is 2.58 bits per heavy atom. The number of aromatic nitrogens is 2. The Labute approximate surface area is 115 Å². The summed E-state index contributed by atoms with van der Waals surface area (Å²) in [7, 11) is 0. The zero-order valence-corrected chi connectivity index (χ0v) is 12.1. The molecule has 100 valence electrons. The van der Waals surface area contributed by atoms with Crippen molar-refractivity contribution in [3.63, 3.8) is 0 Å². The van der Waals surface area contributed by atoms with Gasteiger partial charge >= 0.3 is 0 Å². The molecule has 0 amide bonds. The molecule has 0 aliphatic rings. The van der Waals surface area contributed by atoms with Crippen molar-refractivity contribution in [3.05, 3.63) is 59.2 Å². The molecule has 0 unspecified atom stereocenters. The van der Waals surface area contributed by atoms with Crippen LogP contribution < -0.4 is 5.32 Å². The maximum absolute atomic E-state index is 4.49. The molecule has 3 nitrogen and oxygen atoms in total. The standard InChI is InChI=1S/C16H21N3/c1-12-9-13(2)14(18-10-12)11-19-16(3,4)15-7-5-6-8-17-15/h5-10,19H,11H2,1-4H3. The number of hydrogen-bond acceptors (Lipinski definition) is 3. The quantitative estimate of drug-likeness (QED) is 0.912. The van der Waals surface area contributed by atoms with Crippen molar-refractivity contribution in [2.75, 3.05) is 0 Å². The van der Waals surface area contributed by atoms with Crippen LogP contribution in [0.25, 0.3) is 0 Å². The average molecular weight is 255 g/mol. The van der Waals surface area contributed by atoms with E-state index in [9.17, 15) is 0 Å². The fraction of sp³-hybridized carbons (Fsp3) is 0.375. The lowest BCUT2D eigenvalue weighted by Gasteiger charge is -2.26. The molecule has 2 rings (SSSR count). The van der Waals surface area contributed by atoms with Crippen LogP contribution in [0, 0.1) is 13.8 Å². The summed E-state index contributed by atoms with van der Waals surface area (Å²) in [5, 5.41) is 3.53. The normalized spacial score (nSPS) is 11.6. The van der Waals surface area contributed by atoms with Gasteiger partial charge in [-0.05, 0) is 51.0 Å². The van der Waals surface area contributed by atoms with Gasteiger partial charge in [-0.2, -0.15) is 0 Å². The van der Waals surface area contributed by atoms with Crippen molar-refractivity contribution in [2.45, 2.75) is 39.8 Å². The second-order valence-corrected chi connectivity index (χ2v) is 5.47. The first-order valence-corrected chi connectivity index (χ1v) is 6.58. The monoisotopic (exact) mass is 255 g/mol. The van der Waals surface area contributed by atoms with Crippen LogP contribution in [0.2, 0.25) is 0 Å². The third-order valence-electron chi connectivity index (χ3n) is 3.33. The molecule has 3 heteroatoms. The lowest BCUT2D eigenvalue weighted by molar-refractivity contribution is 0.387. The molecule has 0 aliphatic heterocycles. The van der Waals surface area contributed by atoms with Gasteiger partial charge in [0.2, 0.25) is 0 Å². The summed E-state index contributed by atoms with van der Waals surface area (Å²) in [6, 6.07) is 8.16. The molecule has 0 saturated heterocycles. The van der Waals surface area contributed by atoms with Gasteiger partial charge < -0.3 is 5.32 Å². The van der Waals surface area contributed by atoms with Gasteiger partial charge in [-0.3, -0.25) is 9.97 Å². The summed E-state index contributed by atoms with van der Waals surface area (Å²) in [5.41, 5.74) is 4.39. The lowest BCUT2D eigenvalue weighted by Crippen LogP contribution is -2.37. The Morgan fingerprint density at radius 2 is 1.95 bits per heavy atom. The maximum atomic E-state index is 4.49. The van der Waals surface area contributed by atoms with Gasteiger partial charge in [0.1, 0.15) is 0 Å². The number of aryl methyl sites for hydroxylation is 2. The third-order valence-corrected chi connectivity index (χ3v) is 3.33. The van der Waals surface area contributed by atoms with E-state index >= 15 is 0 Å². The van der Waals surface area contributed by atoms with E-state index < -0.39 is 0 Å². The van der Waals surface area contributed by atoms with Gasteiger partial charge in [0.25, 0.3) is 0 Å². The van der Waals surface area contributed by atoms with Crippen LogP contribution in [0.5, 0.6) is 0 Å².